The van der Waals surface area contributed by atoms with Crippen molar-refractivity contribution in [1.29, 1.82) is 0 Å². The second kappa shape index (κ2) is 8.61. The van der Waals surface area contributed by atoms with Gasteiger partial charge in [0.2, 0.25) is 0 Å². The van der Waals surface area contributed by atoms with Gasteiger partial charge in [0.05, 0.1) is 12.8 Å². The number of aryl methyl sites for hydroxylation is 3. The van der Waals surface area contributed by atoms with Crippen molar-refractivity contribution >= 4 is 23.2 Å². The van der Waals surface area contributed by atoms with Gasteiger partial charge in [-0.15, -0.1) is 0 Å². The molecule has 0 bridgehead atoms. The van der Waals surface area contributed by atoms with E-state index in [0.717, 1.165) is 22.4 Å². The maximum Gasteiger partial charge on any atom is 0.255 e. The number of hydrogen-bond acceptors (Lipinski definition) is 3. The Morgan fingerprint density at radius 2 is 1.28 bits per heavy atom. The van der Waals surface area contributed by atoms with Gasteiger partial charge in [-0.25, -0.2) is 0 Å². The topological polar surface area (TPSA) is 67.4 Å². The maximum absolute atomic E-state index is 12.7. The molecule has 0 saturated heterocycles. The van der Waals surface area contributed by atoms with Crippen LogP contribution in [-0.2, 0) is 0 Å². The van der Waals surface area contributed by atoms with Crippen LogP contribution in [0.25, 0.3) is 0 Å². The number of carbonyl (C=O) groups is 2. The van der Waals surface area contributed by atoms with Crippen LogP contribution in [0.5, 0.6) is 5.75 Å². The lowest BCUT2D eigenvalue weighted by Gasteiger charge is -2.12. The van der Waals surface area contributed by atoms with Gasteiger partial charge in [-0.05, 0) is 73.9 Å². The molecule has 3 aromatic rings. The Hall–Kier alpha value is -3.60. The van der Waals surface area contributed by atoms with Gasteiger partial charge in [-0.2, -0.15) is 0 Å². The van der Waals surface area contributed by atoms with Gasteiger partial charge < -0.3 is 15.4 Å². The average molecular weight is 388 g/mol. The quantitative estimate of drug-likeness (QED) is 0.637. The molecule has 0 radical (unpaired) electrons. The summed E-state index contributed by atoms with van der Waals surface area (Å²) in [5, 5.41) is 5.77. The number of amides is 2. The highest BCUT2D eigenvalue weighted by atomic mass is 16.5. The lowest BCUT2D eigenvalue weighted by atomic mass is 10.1. The van der Waals surface area contributed by atoms with Crippen LogP contribution in [-0.4, -0.2) is 18.9 Å². The Balaban J connectivity index is 1.80. The van der Waals surface area contributed by atoms with Gasteiger partial charge in [0.15, 0.2) is 0 Å². The van der Waals surface area contributed by atoms with Gasteiger partial charge in [-0.3, -0.25) is 9.59 Å². The minimum Gasteiger partial charge on any atom is -0.495 e. The third-order valence-electron chi connectivity index (χ3n) is 4.63. The molecule has 0 spiro atoms. The fourth-order valence-electron chi connectivity index (χ4n) is 2.98. The summed E-state index contributed by atoms with van der Waals surface area (Å²) in [4.78, 5) is 25.4. The van der Waals surface area contributed by atoms with E-state index < -0.39 is 0 Å². The molecule has 0 aliphatic rings. The number of nitrogens with one attached hydrogen (secondary N) is 2. The summed E-state index contributed by atoms with van der Waals surface area (Å²) in [5.41, 5.74) is 5.19. The first-order valence-electron chi connectivity index (χ1n) is 9.32. The lowest BCUT2D eigenvalue weighted by molar-refractivity contribution is 0.102. The summed E-state index contributed by atoms with van der Waals surface area (Å²) in [5.74, 6) is 0.00421. The normalized spacial score (nSPS) is 10.3. The molecule has 0 heterocycles. The van der Waals surface area contributed by atoms with Crippen molar-refractivity contribution in [3.63, 3.8) is 0 Å². The molecule has 3 rings (SSSR count). The van der Waals surface area contributed by atoms with Gasteiger partial charge in [0.1, 0.15) is 5.75 Å². The fraction of sp³-hybridized carbons (Fsp3) is 0.167. The number of carbonyl (C=O) groups excluding carboxylic acids is 2. The van der Waals surface area contributed by atoms with Crippen molar-refractivity contribution < 1.29 is 14.3 Å². The molecule has 0 aliphatic carbocycles. The molecule has 3 aromatic carbocycles. The zero-order chi connectivity index (χ0) is 21.0. The van der Waals surface area contributed by atoms with Crippen LogP contribution >= 0.6 is 0 Å². The van der Waals surface area contributed by atoms with Gasteiger partial charge in [-0.1, -0.05) is 24.3 Å². The standard InChI is InChI=1S/C24H24N2O3/c1-15-8-10-17(3)20(12-15)25-23(27)18-6-5-7-19(14-18)24(28)26-21-13-16(2)9-11-22(21)29-4/h5-14H,1-4H3,(H,25,27)(H,26,28). The van der Waals surface area contributed by atoms with Crippen molar-refractivity contribution in [2.24, 2.45) is 0 Å². The molecule has 2 N–H and O–H groups in total. The molecule has 29 heavy (non-hydrogen) atoms. The number of ether oxygens (including phenoxy) is 1. The Morgan fingerprint density at radius 3 is 1.90 bits per heavy atom. The van der Waals surface area contributed by atoms with Crippen LogP contribution in [0.3, 0.4) is 0 Å². The van der Waals surface area contributed by atoms with E-state index in [1.165, 1.54) is 0 Å². The van der Waals surface area contributed by atoms with Gasteiger partial charge in [0.25, 0.3) is 11.8 Å². The van der Waals surface area contributed by atoms with E-state index in [-0.39, 0.29) is 11.8 Å². The van der Waals surface area contributed by atoms with E-state index >= 15 is 0 Å². The van der Waals surface area contributed by atoms with Crippen molar-refractivity contribution in [2.45, 2.75) is 20.8 Å². The highest BCUT2D eigenvalue weighted by Gasteiger charge is 2.14. The van der Waals surface area contributed by atoms with E-state index in [0.29, 0.717) is 22.6 Å². The molecule has 0 unspecified atom stereocenters. The summed E-state index contributed by atoms with van der Waals surface area (Å²) in [6.45, 7) is 5.85. The lowest BCUT2D eigenvalue weighted by Crippen LogP contribution is -2.16. The second-order valence-electron chi connectivity index (χ2n) is 7.01. The average Bonchev–Trinajstić information content (AvgIpc) is 2.71. The first-order valence-corrected chi connectivity index (χ1v) is 9.32. The molecular weight excluding hydrogens is 364 g/mol. The van der Waals surface area contributed by atoms with E-state index in [4.69, 9.17) is 4.74 Å². The van der Waals surface area contributed by atoms with Crippen LogP contribution in [0.4, 0.5) is 11.4 Å². The van der Waals surface area contributed by atoms with Crippen LogP contribution in [0.2, 0.25) is 0 Å². The molecule has 0 atom stereocenters. The van der Waals surface area contributed by atoms with E-state index in [1.807, 2.05) is 51.1 Å². The van der Waals surface area contributed by atoms with E-state index in [1.54, 1.807) is 37.4 Å². The van der Waals surface area contributed by atoms with Crippen LogP contribution in [0.1, 0.15) is 37.4 Å². The predicted octanol–water partition coefficient (Wildman–Crippen LogP) is 5.13. The summed E-state index contributed by atoms with van der Waals surface area (Å²) in [7, 11) is 1.55. The van der Waals surface area contributed by atoms with Crippen LogP contribution < -0.4 is 15.4 Å². The van der Waals surface area contributed by atoms with Crippen molar-refractivity contribution in [2.75, 3.05) is 17.7 Å². The summed E-state index contributed by atoms with van der Waals surface area (Å²) < 4.78 is 5.31. The minimum atomic E-state index is -0.310. The Bertz CT molecular complexity index is 1070. The Morgan fingerprint density at radius 1 is 0.724 bits per heavy atom. The fourth-order valence-corrected chi connectivity index (χ4v) is 2.98. The Kier molecular flexibility index (Phi) is 5.98. The summed E-state index contributed by atoms with van der Waals surface area (Å²) >= 11 is 0. The zero-order valence-electron chi connectivity index (χ0n) is 17.0. The minimum absolute atomic E-state index is 0.263. The Labute approximate surface area is 170 Å². The molecule has 0 saturated carbocycles. The highest BCUT2D eigenvalue weighted by molar-refractivity contribution is 6.09. The molecule has 0 aliphatic heterocycles. The van der Waals surface area contributed by atoms with Gasteiger partial charge >= 0.3 is 0 Å². The van der Waals surface area contributed by atoms with Gasteiger partial charge in [0, 0.05) is 16.8 Å². The number of hydrogen-bond donors (Lipinski definition) is 2. The number of anilines is 2. The first-order chi connectivity index (χ1) is 13.9. The van der Waals surface area contributed by atoms with Crippen molar-refractivity contribution in [3.8, 4) is 5.75 Å². The van der Waals surface area contributed by atoms with E-state index in [9.17, 15) is 9.59 Å². The summed E-state index contributed by atoms with van der Waals surface area (Å²) in [6, 6.07) is 18.1. The first kappa shape index (κ1) is 20.1. The van der Waals surface area contributed by atoms with Crippen molar-refractivity contribution in [1.82, 2.24) is 0 Å². The predicted molar refractivity (Wildman–Crippen MR) is 116 cm³/mol. The molecule has 148 valence electrons. The summed E-state index contributed by atoms with van der Waals surface area (Å²) in [6.07, 6.45) is 0. The van der Waals surface area contributed by atoms with Crippen LogP contribution in [0, 0.1) is 20.8 Å². The largest absolute Gasteiger partial charge is 0.495 e. The second-order valence-corrected chi connectivity index (χ2v) is 7.01. The number of rotatable bonds is 5. The molecular formula is C24H24N2O3. The molecule has 0 aromatic heterocycles. The molecule has 5 nitrogen and oxygen atoms in total. The molecule has 5 heteroatoms. The molecule has 2 amide bonds. The smallest absolute Gasteiger partial charge is 0.255 e. The zero-order valence-corrected chi connectivity index (χ0v) is 17.0. The highest BCUT2D eigenvalue weighted by Crippen LogP contribution is 2.26. The van der Waals surface area contributed by atoms with E-state index in [2.05, 4.69) is 10.6 Å². The third kappa shape index (κ3) is 4.82. The van der Waals surface area contributed by atoms with Crippen molar-refractivity contribution in [3.05, 3.63) is 88.5 Å². The SMILES string of the molecule is COc1ccc(C)cc1NC(=O)c1cccc(C(=O)Nc2cc(C)ccc2C)c1. The third-order valence-corrected chi connectivity index (χ3v) is 4.63. The van der Waals surface area contributed by atoms with Crippen LogP contribution in [0.15, 0.2) is 60.7 Å². The number of benzene rings is 3. The monoisotopic (exact) mass is 388 g/mol. The number of methoxy groups -OCH3 is 1. The maximum atomic E-state index is 12.7. The molecule has 0 fully saturated rings.